The molecule has 94 valence electrons. The van der Waals surface area contributed by atoms with Crippen LogP contribution in [0, 0.1) is 0 Å². The summed E-state index contributed by atoms with van der Waals surface area (Å²) in [6.45, 7) is 0. The maximum atomic E-state index is 11.0. The third kappa shape index (κ3) is 3.13. The molecule has 0 unspecified atom stereocenters. The summed E-state index contributed by atoms with van der Waals surface area (Å²) < 4.78 is 27.4. The van der Waals surface area contributed by atoms with E-state index < -0.39 is 9.05 Å². The SMILES string of the molecule is O=S(=O)(Cl)c1ccc(Oc2ccccc2Cl)nc1. The Morgan fingerprint density at radius 2 is 1.83 bits per heavy atom. The van der Waals surface area contributed by atoms with Crippen LogP contribution in [0.5, 0.6) is 11.6 Å². The van der Waals surface area contributed by atoms with Crippen molar-refractivity contribution < 1.29 is 13.2 Å². The average Bonchev–Trinajstić information content (AvgIpc) is 2.32. The lowest BCUT2D eigenvalue weighted by atomic mass is 10.3. The highest BCUT2D eigenvalue weighted by Crippen LogP contribution is 2.28. The van der Waals surface area contributed by atoms with Gasteiger partial charge in [-0.15, -0.1) is 0 Å². The minimum absolute atomic E-state index is 0.0873. The lowest BCUT2D eigenvalue weighted by Gasteiger charge is -2.06. The van der Waals surface area contributed by atoms with E-state index in [1.54, 1.807) is 24.3 Å². The van der Waals surface area contributed by atoms with Gasteiger partial charge in [0, 0.05) is 16.7 Å². The summed E-state index contributed by atoms with van der Waals surface area (Å²) in [6.07, 6.45) is 1.12. The fraction of sp³-hybridized carbons (Fsp3) is 0. The Morgan fingerprint density at radius 3 is 2.39 bits per heavy atom. The van der Waals surface area contributed by atoms with Gasteiger partial charge in [0.2, 0.25) is 5.88 Å². The Kier molecular flexibility index (Phi) is 3.75. The van der Waals surface area contributed by atoms with Crippen LogP contribution in [-0.2, 0) is 9.05 Å². The molecule has 4 nitrogen and oxygen atoms in total. The Bertz CT molecular complexity index is 656. The van der Waals surface area contributed by atoms with Gasteiger partial charge in [-0.3, -0.25) is 0 Å². The lowest BCUT2D eigenvalue weighted by Crippen LogP contribution is -1.93. The van der Waals surface area contributed by atoms with Gasteiger partial charge >= 0.3 is 0 Å². The molecule has 0 fully saturated rings. The molecule has 0 radical (unpaired) electrons. The second-order valence-electron chi connectivity index (χ2n) is 3.30. The second-order valence-corrected chi connectivity index (χ2v) is 6.28. The Morgan fingerprint density at radius 1 is 1.11 bits per heavy atom. The fourth-order valence-electron chi connectivity index (χ4n) is 1.21. The summed E-state index contributed by atoms with van der Waals surface area (Å²) >= 11 is 5.91. The molecule has 2 rings (SSSR count). The highest BCUT2D eigenvalue weighted by atomic mass is 35.7. The zero-order chi connectivity index (χ0) is 13.2. The number of rotatable bonds is 3. The molecular formula is C11H7Cl2NO3S. The minimum atomic E-state index is -3.77. The zero-order valence-corrected chi connectivity index (χ0v) is 11.2. The highest BCUT2D eigenvalue weighted by Gasteiger charge is 2.11. The molecule has 0 N–H and O–H groups in total. The molecule has 7 heteroatoms. The Hall–Kier alpha value is -1.30. The van der Waals surface area contributed by atoms with Crippen molar-refractivity contribution in [3.05, 3.63) is 47.6 Å². The Balaban J connectivity index is 2.24. The van der Waals surface area contributed by atoms with Crippen LogP contribution in [-0.4, -0.2) is 13.4 Å². The van der Waals surface area contributed by atoms with Crippen molar-refractivity contribution >= 4 is 31.3 Å². The van der Waals surface area contributed by atoms with Crippen LogP contribution in [0.3, 0.4) is 0 Å². The standard InChI is InChI=1S/C11H7Cl2NO3S/c12-9-3-1-2-4-10(9)17-11-6-5-8(7-14-11)18(13,15)16/h1-7H. The van der Waals surface area contributed by atoms with Crippen molar-refractivity contribution in [2.75, 3.05) is 0 Å². The summed E-state index contributed by atoms with van der Waals surface area (Å²) in [5, 5.41) is 0.438. The number of nitrogens with zero attached hydrogens (tertiary/aromatic N) is 1. The maximum Gasteiger partial charge on any atom is 0.262 e. The van der Waals surface area contributed by atoms with Gasteiger partial charge in [0.1, 0.15) is 10.6 Å². The molecule has 0 amide bonds. The molecule has 0 aliphatic rings. The van der Waals surface area contributed by atoms with E-state index in [4.69, 9.17) is 27.0 Å². The average molecular weight is 304 g/mol. The molecule has 2 aromatic rings. The van der Waals surface area contributed by atoms with Gasteiger partial charge in [0.05, 0.1) is 11.2 Å². The molecule has 0 atom stereocenters. The molecule has 0 aliphatic heterocycles. The van der Waals surface area contributed by atoms with Crippen LogP contribution in [0.2, 0.25) is 5.02 Å². The zero-order valence-electron chi connectivity index (χ0n) is 8.88. The van der Waals surface area contributed by atoms with Gasteiger partial charge < -0.3 is 4.74 Å². The van der Waals surface area contributed by atoms with E-state index in [-0.39, 0.29) is 10.8 Å². The quantitative estimate of drug-likeness (QED) is 0.815. The fourth-order valence-corrected chi connectivity index (χ4v) is 2.07. The normalized spacial score (nSPS) is 11.2. The van der Waals surface area contributed by atoms with Crippen molar-refractivity contribution in [1.29, 1.82) is 0 Å². The van der Waals surface area contributed by atoms with E-state index in [1.165, 1.54) is 12.1 Å². The number of para-hydroxylation sites is 1. The number of hydrogen-bond acceptors (Lipinski definition) is 4. The number of benzene rings is 1. The summed E-state index contributed by atoms with van der Waals surface area (Å²) in [6, 6.07) is 9.59. The van der Waals surface area contributed by atoms with E-state index in [2.05, 4.69) is 4.98 Å². The monoisotopic (exact) mass is 303 g/mol. The highest BCUT2D eigenvalue weighted by molar-refractivity contribution is 8.13. The van der Waals surface area contributed by atoms with E-state index in [1.807, 2.05) is 0 Å². The van der Waals surface area contributed by atoms with E-state index in [0.717, 1.165) is 6.20 Å². The van der Waals surface area contributed by atoms with Crippen molar-refractivity contribution in [1.82, 2.24) is 4.98 Å². The molecule has 1 aromatic heterocycles. The molecule has 0 saturated carbocycles. The molecule has 0 aliphatic carbocycles. The molecule has 1 aromatic carbocycles. The smallest absolute Gasteiger partial charge is 0.262 e. The van der Waals surface area contributed by atoms with Crippen LogP contribution in [0.1, 0.15) is 0 Å². The van der Waals surface area contributed by atoms with Crippen molar-refractivity contribution in [2.24, 2.45) is 0 Å². The molecule has 0 bridgehead atoms. The third-order valence-corrected chi connectivity index (χ3v) is 3.69. The number of aromatic nitrogens is 1. The molecular weight excluding hydrogens is 297 g/mol. The minimum Gasteiger partial charge on any atom is -0.437 e. The van der Waals surface area contributed by atoms with Crippen molar-refractivity contribution in [3.63, 3.8) is 0 Å². The van der Waals surface area contributed by atoms with Gasteiger partial charge in [-0.2, -0.15) is 0 Å². The maximum absolute atomic E-state index is 11.0. The van der Waals surface area contributed by atoms with Crippen molar-refractivity contribution in [2.45, 2.75) is 4.90 Å². The van der Waals surface area contributed by atoms with Crippen LogP contribution in [0.4, 0.5) is 0 Å². The summed E-state index contributed by atoms with van der Waals surface area (Å²) in [4.78, 5) is 3.75. The third-order valence-electron chi connectivity index (χ3n) is 2.04. The van der Waals surface area contributed by atoms with Gasteiger partial charge in [0.15, 0.2) is 0 Å². The predicted molar refractivity (Wildman–Crippen MR) is 68.8 cm³/mol. The topological polar surface area (TPSA) is 56.3 Å². The van der Waals surface area contributed by atoms with Gasteiger partial charge in [-0.1, -0.05) is 23.7 Å². The first-order valence-corrected chi connectivity index (χ1v) is 7.48. The van der Waals surface area contributed by atoms with Gasteiger partial charge in [-0.25, -0.2) is 13.4 Å². The Labute approximate surface area is 114 Å². The van der Waals surface area contributed by atoms with E-state index in [9.17, 15) is 8.42 Å². The molecule has 1 heterocycles. The first-order chi connectivity index (χ1) is 8.47. The molecule has 18 heavy (non-hydrogen) atoms. The molecule has 0 saturated heterocycles. The second kappa shape index (κ2) is 5.14. The predicted octanol–water partition coefficient (Wildman–Crippen LogP) is 3.45. The van der Waals surface area contributed by atoms with Gasteiger partial charge in [-0.05, 0) is 18.2 Å². The number of halogens is 2. The first-order valence-electron chi connectivity index (χ1n) is 4.80. The van der Waals surface area contributed by atoms with Crippen molar-refractivity contribution in [3.8, 4) is 11.6 Å². The van der Waals surface area contributed by atoms with E-state index in [0.29, 0.717) is 10.8 Å². The number of pyridine rings is 1. The van der Waals surface area contributed by atoms with Crippen LogP contribution in [0.15, 0.2) is 47.5 Å². The first kappa shape index (κ1) is 13.1. The lowest BCUT2D eigenvalue weighted by molar-refractivity contribution is 0.462. The number of ether oxygens (including phenoxy) is 1. The molecule has 0 spiro atoms. The van der Waals surface area contributed by atoms with Gasteiger partial charge in [0.25, 0.3) is 9.05 Å². The van der Waals surface area contributed by atoms with Crippen LogP contribution in [0.25, 0.3) is 0 Å². The van der Waals surface area contributed by atoms with Crippen LogP contribution >= 0.6 is 22.3 Å². The summed E-state index contributed by atoms with van der Waals surface area (Å²) in [7, 11) is 1.39. The summed E-state index contributed by atoms with van der Waals surface area (Å²) in [5.41, 5.74) is 0. The van der Waals surface area contributed by atoms with Crippen LogP contribution < -0.4 is 4.74 Å². The van der Waals surface area contributed by atoms with E-state index >= 15 is 0 Å². The largest absolute Gasteiger partial charge is 0.437 e. The number of hydrogen-bond donors (Lipinski definition) is 0. The summed E-state index contributed by atoms with van der Waals surface area (Å²) in [5.74, 6) is 0.667.